The SMILES string of the molecule is C#C.NC[C@@H]1C[C@H](O)CCO1. The van der Waals surface area contributed by atoms with Crippen LogP contribution >= 0.6 is 0 Å². The Morgan fingerprint density at radius 2 is 2.18 bits per heavy atom. The van der Waals surface area contributed by atoms with Crippen LogP contribution in [0.3, 0.4) is 0 Å². The van der Waals surface area contributed by atoms with Crippen molar-refractivity contribution < 1.29 is 9.84 Å². The lowest BCUT2D eigenvalue weighted by atomic mass is 10.1. The number of hydrogen-bond donors (Lipinski definition) is 2. The summed E-state index contributed by atoms with van der Waals surface area (Å²) < 4.78 is 5.21. The number of ether oxygens (including phenoxy) is 1. The summed E-state index contributed by atoms with van der Waals surface area (Å²) in [7, 11) is 0. The summed E-state index contributed by atoms with van der Waals surface area (Å²) in [6, 6.07) is 0. The van der Waals surface area contributed by atoms with E-state index in [1.165, 1.54) is 0 Å². The third-order valence-electron chi connectivity index (χ3n) is 1.60. The van der Waals surface area contributed by atoms with E-state index in [1.807, 2.05) is 0 Å². The van der Waals surface area contributed by atoms with Gasteiger partial charge in [0.25, 0.3) is 0 Å². The Kier molecular flexibility index (Phi) is 5.86. The monoisotopic (exact) mass is 157 g/mol. The minimum Gasteiger partial charge on any atom is -0.393 e. The number of nitrogens with two attached hydrogens (primary N) is 1. The molecule has 1 saturated heterocycles. The van der Waals surface area contributed by atoms with Crippen LogP contribution in [0.4, 0.5) is 0 Å². The first-order valence-corrected chi connectivity index (χ1v) is 3.66. The largest absolute Gasteiger partial charge is 0.393 e. The van der Waals surface area contributed by atoms with Gasteiger partial charge in [-0.25, -0.2) is 0 Å². The van der Waals surface area contributed by atoms with Gasteiger partial charge in [-0.1, -0.05) is 0 Å². The summed E-state index contributed by atoms with van der Waals surface area (Å²) in [6.45, 7) is 1.18. The van der Waals surface area contributed by atoms with Crippen LogP contribution in [-0.2, 0) is 4.74 Å². The molecule has 1 heterocycles. The Bertz CT molecular complexity index is 114. The molecule has 1 aliphatic heterocycles. The third-order valence-corrected chi connectivity index (χ3v) is 1.60. The lowest BCUT2D eigenvalue weighted by Gasteiger charge is -2.24. The average Bonchev–Trinajstić information content (AvgIpc) is 2.08. The molecule has 3 heteroatoms. The van der Waals surface area contributed by atoms with E-state index in [9.17, 15) is 0 Å². The minimum absolute atomic E-state index is 0.0914. The molecule has 64 valence electrons. The molecule has 0 aromatic heterocycles. The summed E-state index contributed by atoms with van der Waals surface area (Å²) in [4.78, 5) is 0. The van der Waals surface area contributed by atoms with Crippen molar-refractivity contribution in [3.05, 3.63) is 0 Å². The summed E-state index contributed by atoms with van der Waals surface area (Å²) in [5.74, 6) is 0. The first kappa shape index (κ1) is 10.4. The van der Waals surface area contributed by atoms with Gasteiger partial charge >= 0.3 is 0 Å². The number of hydrogen-bond acceptors (Lipinski definition) is 3. The molecule has 11 heavy (non-hydrogen) atoms. The number of aliphatic hydroxyl groups excluding tert-OH is 1. The van der Waals surface area contributed by atoms with Crippen molar-refractivity contribution in [2.75, 3.05) is 13.2 Å². The van der Waals surface area contributed by atoms with E-state index in [4.69, 9.17) is 15.6 Å². The molecule has 2 atom stereocenters. The highest BCUT2D eigenvalue weighted by molar-refractivity contribution is 4.70. The summed E-state index contributed by atoms with van der Waals surface area (Å²) in [6.07, 6.45) is 9.37. The topological polar surface area (TPSA) is 55.5 Å². The predicted octanol–water partition coefficient (Wildman–Crippen LogP) is -0.266. The maximum Gasteiger partial charge on any atom is 0.0721 e. The van der Waals surface area contributed by atoms with Crippen LogP contribution < -0.4 is 5.73 Å². The zero-order valence-electron chi connectivity index (χ0n) is 6.57. The van der Waals surface area contributed by atoms with Gasteiger partial charge in [-0.05, 0) is 6.42 Å². The van der Waals surface area contributed by atoms with Gasteiger partial charge in [-0.3, -0.25) is 0 Å². The smallest absolute Gasteiger partial charge is 0.0721 e. The number of rotatable bonds is 1. The molecular weight excluding hydrogens is 142 g/mol. The van der Waals surface area contributed by atoms with E-state index in [-0.39, 0.29) is 12.2 Å². The summed E-state index contributed by atoms with van der Waals surface area (Å²) >= 11 is 0. The fraction of sp³-hybridized carbons (Fsp3) is 0.750. The molecule has 3 N–H and O–H groups in total. The Morgan fingerprint density at radius 1 is 1.55 bits per heavy atom. The maximum atomic E-state index is 9.08. The van der Waals surface area contributed by atoms with Crippen LogP contribution in [0.25, 0.3) is 0 Å². The highest BCUT2D eigenvalue weighted by Crippen LogP contribution is 2.11. The maximum absolute atomic E-state index is 9.08. The van der Waals surface area contributed by atoms with Gasteiger partial charge in [0.2, 0.25) is 0 Å². The van der Waals surface area contributed by atoms with E-state index >= 15 is 0 Å². The van der Waals surface area contributed by atoms with Crippen LogP contribution in [0.15, 0.2) is 0 Å². The molecular formula is C8H15NO2. The van der Waals surface area contributed by atoms with Crippen LogP contribution in [0.2, 0.25) is 0 Å². The lowest BCUT2D eigenvalue weighted by Crippen LogP contribution is -2.34. The molecule has 0 aromatic rings. The van der Waals surface area contributed by atoms with Crippen LogP contribution in [0.5, 0.6) is 0 Å². The first-order chi connectivity index (χ1) is 5.33. The Balaban J connectivity index is 0.000000461. The predicted molar refractivity (Wildman–Crippen MR) is 43.9 cm³/mol. The molecule has 0 amide bonds. The standard InChI is InChI=1S/C6H13NO2.C2H2/c7-4-6-3-5(8)1-2-9-6;1-2/h5-6,8H,1-4,7H2;1-2H/t5-,6+;/m1./s1. The van der Waals surface area contributed by atoms with Crippen molar-refractivity contribution in [2.24, 2.45) is 5.73 Å². The highest BCUT2D eigenvalue weighted by Gasteiger charge is 2.18. The molecule has 3 nitrogen and oxygen atoms in total. The normalized spacial score (nSPS) is 30.2. The van der Waals surface area contributed by atoms with Crippen molar-refractivity contribution in [3.8, 4) is 12.8 Å². The van der Waals surface area contributed by atoms with E-state index in [0.717, 1.165) is 6.42 Å². The lowest BCUT2D eigenvalue weighted by molar-refractivity contribution is -0.0383. The van der Waals surface area contributed by atoms with Crippen LogP contribution in [0.1, 0.15) is 12.8 Å². The molecule has 0 radical (unpaired) electrons. The van der Waals surface area contributed by atoms with Gasteiger partial charge in [-0.2, -0.15) is 0 Å². The first-order valence-electron chi connectivity index (χ1n) is 3.66. The van der Waals surface area contributed by atoms with Crippen molar-refractivity contribution in [2.45, 2.75) is 25.0 Å². The van der Waals surface area contributed by atoms with Crippen molar-refractivity contribution in [1.29, 1.82) is 0 Å². The van der Waals surface area contributed by atoms with E-state index in [0.29, 0.717) is 19.6 Å². The minimum atomic E-state index is -0.188. The summed E-state index contributed by atoms with van der Waals surface area (Å²) in [5, 5.41) is 9.08. The zero-order valence-corrected chi connectivity index (χ0v) is 6.57. The second kappa shape index (κ2) is 6.17. The second-order valence-electron chi connectivity index (χ2n) is 2.41. The van der Waals surface area contributed by atoms with Crippen LogP contribution in [-0.4, -0.2) is 30.5 Å². The van der Waals surface area contributed by atoms with Gasteiger partial charge in [0, 0.05) is 19.6 Å². The fourth-order valence-electron chi connectivity index (χ4n) is 1.02. The molecule has 1 rings (SSSR count). The molecule has 1 aliphatic rings. The third kappa shape index (κ3) is 3.99. The number of aliphatic hydroxyl groups is 1. The number of terminal acetylenes is 1. The highest BCUT2D eigenvalue weighted by atomic mass is 16.5. The Labute approximate surface area is 67.5 Å². The van der Waals surface area contributed by atoms with Crippen molar-refractivity contribution in [3.63, 3.8) is 0 Å². The van der Waals surface area contributed by atoms with E-state index in [2.05, 4.69) is 12.8 Å². The molecule has 0 saturated carbocycles. The fourth-order valence-corrected chi connectivity index (χ4v) is 1.02. The van der Waals surface area contributed by atoms with Gasteiger partial charge < -0.3 is 15.6 Å². The Morgan fingerprint density at radius 3 is 2.55 bits per heavy atom. The molecule has 0 aromatic carbocycles. The van der Waals surface area contributed by atoms with Gasteiger partial charge in [0.1, 0.15) is 0 Å². The molecule has 1 fully saturated rings. The zero-order chi connectivity index (χ0) is 8.69. The van der Waals surface area contributed by atoms with Crippen molar-refractivity contribution in [1.82, 2.24) is 0 Å². The Hall–Kier alpha value is -0.560. The second-order valence-corrected chi connectivity index (χ2v) is 2.41. The van der Waals surface area contributed by atoms with Gasteiger partial charge in [-0.15, -0.1) is 12.8 Å². The molecule has 0 unspecified atom stereocenters. The van der Waals surface area contributed by atoms with Crippen molar-refractivity contribution >= 4 is 0 Å². The van der Waals surface area contributed by atoms with E-state index < -0.39 is 0 Å². The van der Waals surface area contributed by atoms with Gasteiger partial charge in [0.05, 0.1) is 12.2 Å². The van der Waals surface area contributed by atoms with Crippen LogP contribution in [0, 0.1) is 12.8 Å². The average molecular weight is 157 g/mol. The molecule has 0 bridgehead atoms. The van der Waals surface area contributed by atoms with Gasteiger partial charge in [0.15, 0.2) is 0 Å². The quantitative estimate of drug-likeness (QED) is 0.515. The molecule has 0 spiro atoms. The van der Waals surface area contributed by atoms with E-state index in [1.54, 1.807) is 0 Å². The molecule has 0 aliphatic carbocycles. The summed E-state index contributed by atoms with van der Waals surface area (Å²) in [5.41, 5.74) is 5.33.